The first-order chi connectivity index (χ1) is 26.8. The van der Waals surface area contributed by atoms with Gasteiger partial charge in [-0.1, -0.05) is 75.0 Å². The summed E-state index contributed by atoms with van der Waals surface area (Å²) < 4.78 is 13.3. The number of allylic oxidation sites excluding steroid dienone is 1. The molecule has 9 nitrogen and oxygen atoms in total. The third-order valence-corrected chi connectivity index (χ3v) is 13.0. The lowest BCUT2D eigenvalue weighted by molar-refractivity contribution is -0.121. The minimum absolute atomic E-state index is 0.0431. The summed E-state index contributed by atoms with van der Waals surface area (Å²) in [6.07, 6.45) is 16.9. The van der Waals surface area contributed by atoms with E-state index in [0.29, 0.717) is 37.3 Å². The molecular weight excluding hydrogens is 689 g/mol. The van der Waals surface area contributed by atoms with E-state index < -0.39 is 35.9 Å². The number of Topliss-reactive ketones (excluding diaryl/α,β-unsaturated/α-hetero) is 1. The van der Waals surface area contributed by atoms with E-state index in [4.69, 9.17) is 20.2 Å². The fourth-order valence-electron chi connectivity index (χ4n) is 10.1. The number of aliphatic hydroxyl groups excluding tert-OH is 2. The zero-order chi connectivity index (χ0) is 37.7. The first-order valence-corrected chi connectivity index (χ1v) is 20.4. The molecule has 0 saturated heterocycles. The van der Waals surface area contributed by atoms with Gasteiger partial charge in [0.15, 0.2) is 17.7 Å². The van der Waals surface area contributed by atoms with Crippen molar-refractivity contribution in [2.75, 3.05) is 6.54 Å². The Bertz CT molecular complexity index is 2140. The van der Waals surface area contributed by atoms with E-state index in [9.17, 15) is 15.0 Å². The molecule has 2 aromatic carbocycles. The molecule has 0 amide bonds. The van der Waals surface area contributed by atoms with Crippen LogP contribution in [0.1, 0.15) is 136 Å². The lowest BCUT2D eigenvalue weighted by atomic mass is 9.68. The Kier molecular flexibility index (Phi) is 9.67. The van der Waals surface area contributed by atoms with Gasteiger partial charge in [0.2, 0.25) is 0 Å². The van der Waals surface area contributed by atoms with Gasteiger partial charge >= 0.3 is 0 Å². The number of aryl methyl sites for hydroxylation is 1. The van der Waals surface area contributed by atoms with Crippen LogP contribution in [0.5, 0.6) is 11.5 Å². The highest BCUT2D eigenvalue weighted by Gasteiger charge is 2.49. The number of ketones is 1. The summed E-state index contributed by atoms with van der Waals surface area (Å²) in [6.45, 7) is 2.74. The van der Waals surface area contributed by atoms with Crippen LogP contribution in [-0.4, -0.2) is 52.2 Å². The van der Waals surface area contributed by atoms with E-state index in [1.807, 2.05) is 42.8 Å². The highest BCUT2D eigenvalue weighted by atomic mass is 16.5. The third-order valence-electron chi connectivity index (χ3n) is 13.0. The van der Waals surface area contributed by atoms with Gasteiger partial charge in [-0.25, -0.2) is 0 Å². The molecule has 5 aliphatic heterocycles. The number of hydrogen-bond acceptors (Lipinski definition) is 9. The van der Waals surface area contributed by atoms with E-state index >= 15 is 0 Å². The van der Waals surface area contributed by atoms with Crippen LogP contribution in [-0.2, 0) is 11.2 Å². The number of carbonyl (C=O) groups is 1. The quantitative estimate of drug-likeness (QED) is 0.186. The molecule has 4 N–H and O–H groups in total. The Balaban J connectivity index is 1.10. The molecule has 2 aromatic rings. The van der Waals surface area contributed by atoms with Crippen molar-refractivity contribution in [3.05, 3.63) is 81.2 Å². The average Bonchev–Trinajstić information content (AvgIpc) is 3.93. The molecule has 7 atom stereocenters. The summed E-state index contributed by atoms with van der Waals surface area (Å²) in [6, 6.07) is 9.85. The second kappa shape index (κ2) is 14.8. The van der Waals surface area contributed by atoms with Crippen LogP contribution in [0.2, 0.25) is 0 Å². The summed E-state index contributed by atoms with van der Waals surface area (Å²) >= 11 is 0. The van der Waals surface area contributed by atoms with Gasteiger partial charge in [-0.15, -0.1) is 0 Å². The molecule has 284 valence electrons. The van der Waals surface area contributed by atoms with Crippen molar-refractivity contribution in [2.45, 2.75) is 127 Å². The van der Waals surface area contributed by atoms with Crippen molar-refractivity contribution in [2.24, 2.45) is 27.1 Å². The van der Waals surface area contributed by atoms with Crippen LogP contribution in [0.25, 0.3) is 0 Å². The maximum absolute atomic E-state index is 12.9. The molecular formula is C46H50N4O5. The summed E-state index contributed by atoms with van der Waals surface area (Å²) in [5.74, 6) is 11.4. The Morgan fingerprint density at radius 2 is 1.95 bits per heavy atom. The summed E-state index contributed by atoms with van der Waals surface area (Å²) in [5, 5.41) is 22.5. The van der Waals surface area contributed by atoms with Gasteiger partial charge in [-0.2, -0.15) is 0 Å². The molecule has 1 fully saturated rings. The lowest BCUT2D eigenvalue weighted by Gasteiger charge is -2.40. The molecule has 9 rings (SSSR count). The first kappa shape index (κ1) is 36.0. The van der Waals surface area contributed by atoms with Crippen LogP contribution in [0.15, 0.2) is 63.4 Å². The number of hydrogen-bond donors (Lipinski definition) is 3. The van der Waals surface area contributed by atoms with Crippen molar-refractivity contribution in [3.63, 3.8) is 0 Å². The van der Waals surface area contributed by atoms with Crippen LogP contribution in [0.3, 0.4) is 0 Å². The van der Waals surface area contributed by atoms with Crippen LogP contribution < -0.4 is 15.2 Å². The number of nitrogens with zero attached hydrogens (tertiary/aromatic N) is 3. The zero-order valence-corrected chi connectivity index (χ0v) is 31.6. The van der Waals surface area contributed by atoms with Gasteiger partial charge in [0, 0.05) is 55.4 Å². The molecule has 1 saturated carbocycles. The molecule has 7 aliphatic rings. The van der Waals surface area contributed by atoms with Crippen molar-refractivity contribution < 1.29 is 24.5 Å². The highest BCUT2D eigenvalue weighted by molar-refractivity contribution is 5.90. The lowest BCUT2D eigenvalue weighted by Crippen LogP contribution is -2.47. The zero-order valence-electron chi connectivity index (χ0n) is 31.6. The second-order valence-corrected chi connectivity index (χ2v) is 16.5. The van der Waals surface area contributed by atoms with E-state index in [1.165, 1.54) is 16.7 Å². The Morgan fingerprint density at radius 3 is 2.80 bits per heavy atom. The number of unbranched alkanes of at least 4 members (excludes halogenated alkanes) is 2. The monoisotopic (exact) mass is 738 g/mol. The molecule has 1 spiro atoms. The van der Waals surface area contributed by atoms with E-state index in [1.54, 1.807) is 0 Å². The molecule has 55 heavy (non-hydrogen) atoms. The van der Waals surface area contributed by atoms with E-state index in [0.717, 1.165) is 85.7 Å². The molecule has 2 bridgehead atoms. The minimum Gasteiger partial charge on any atom is -0.465 e. The predicted molar refractivity (Wildman–Crippen MR) is 211 cm³/mol. The second-order valence-electron chi connectivity index (χ2n) is 16.5. The van der Waals surface area contributed by atoms with Crippen LogP contribution in [0, 0.1) is 35.2 Å². The summed E-state index contributed by atoms with van der Waals surface area (Å²) in [4.78, 5) is 24.7. The van der Waals surface area contributed by atoms with Crippen molar-refractivity contribution in [3.8, 4) is 35.4 Å². The number of fused-ring (bicyclic) bond motifs is 6. The number of carbonyl (C=O) groups excluding carboxylic acids is 1. The van der Waals surface area contributed by atoms with Crippen molar-refractivity contribution in [1.29, 1.82) is 0 Å². The third kappa shape index (κ3) is 6.61. The van der Waals surface area contributed by atoms with Crippen LogP contribution in [0.4, 0.5) is 0 Å². The normalized spacial score (nSPS) is 27.9. The van der Waals surface area contributed by atoms with Crippen LogP contribution >= 0.6 is 0 Å². The smallest absolute Gasteiger partial charge is 0.187 e. The minimum atomic E-state index is -1.03. The first-order valence-electron chi connectivity index (χ1n) is 20.4. The number of ether oxygens (including phenoxy) is 2. The standard InChI is InChI=1S/C46H50N4O5/c1-2-3-4-7-30(51)23-31(52)11-8-28-9-17-40-41(22-28)55-45-37(46(20-21-54-40)18-5-6-19-46)15-16-39(53)33-13-14-34-42-29(24-49-44(34)47)10-12-32(43(33)42)35-25-48-38-27-50(45)26-36(35)38/h9,13-14,17,22,24-25,27,29-30,32,37,39,44-45,51,53H,2-8,10-12,18-19,23,26,47H2,1H3/t29-,30+,32+,37+,39-,44-,45+/m0/s1. The molecule has 0 unspecified atom stereocenters. The summed E-state index contributed by atoms with van der Waals surface area (Å²) in [5.41, 5.74) is 14.4. The Labute approximate surface area is 323 Å². The number of aliphatic hydroxyl groups is 2. The molecule has 9 heteroatoms. The van der Waals surface area contributed by atoms with Crippen molar-refractivity contribution in [1.82, 2.24) is 4.90 Å². The molecule has 0 aromatic heterocycles. The van der Waals surface area contributed by atoms with E-state index in [2.05, 4.69) is 46.9 Å². The topological polar surface area (TPSA) is 130 Å². The SMILES string of the molecule is CCCCC[C@@H](O)CC(=O)CCc1ccc2c(c1)O[C@@H]1[C@@H](C#C[C@H](O)c3ccc4c5c3[C@H](CC[C@H]5C=N[C@@H]4N)C3=C4CN1C=C4N=C3)C1(C#CO2)CCCC1. The fraction of sp³-hybridized carbons (Fsp3) is 0.500. The highest BCUT2D eigenvalue weighted by Crippen LogP contribution is 2.53. The maximum atomic E-state index is 12.9. The number of rotatable bonds is 9. The Morgan fingerprint density at radius 1 is 1.09 bits per heavy atom. The number of nitrogens with two attached hydrogens (primary N) is 1. The largest absolute Gasteiger partial charge is 0.465 e. The van der Waals surface area contributed by atoms with E-state index in [-0.39, 0.29) is 24.0 Å². The molecule has 5 heterocycles. The maximum Gasteiger partial charge on any atom is 0.187 e. The van der Waals surface area contributed by atoms with Crippen molar-refractivity contribution >= 4 is 18.2 Å². The summed E-state index contributed by atoms with van der Waals surface area (Å²) in [7, 11) is 0. The van der Waals surface area contributed by atoms with Gasteiger partial charge in [0.25, 0.3) is 0 Å². The molecule has 2 aliphatic carbocycles. The van der Waals surface area contributed by atoms with Gasteiger partial charge in [-0.05, 0) is 84.0 Å². The van der Waals surface area contributed by atoms with Gasteiger partial charge in [-0.3, -0.25) is 14.8 Å². The number of benzene rings is 2. The fourth-order valence-corrected chi connectivity index (χ4v) is 10.1. The van der Waals surface area contributed by atoms with Gasteiger partial charge < -0.3 is 30.3 Å². The average molecular weight is 739 g/mol. The number of aliphatic imine (C=N–C) groups is 2. The van der Waals surface area contributed by atoms with Gasteiger partial charge in [0.05, 0.1) is 23.1 Å². The Hall–Kier alpha value is -4.67. The van der Waals surface area contributed by atoms with Gasteiger partial charge in [0.1, 0.15) is 24.2 Å². The predicted octanol–water partition coefficient (Wildman–Crippen LogP) is 7.05. The molecule has 0 radical (unpaired) electrons.